The maximum absolute atomic E-state index is 12.5. The highest BCUT2D eigenvalue weighted by molar-refractivity contribution is 5.95. The van der Waals surface area contributed by atoms with Crippen LogP contribution in [0.1, 0.15) is 22.2 Å². The number of nitrogens with zero attached hydrogens (tertiary/aromatic N) is 4. The minimum Gasteiger partial charge on any atom is -0.497 e. The average Bonchev–Trinajstić information content (AvgIpc) is 3.11. The van der Waals surface area contributed by atoms with E-state index in [0.29, 0.717) is 41.8 Å². The average molecular weight is 336 g/mol. The molecule has 7 heteroatoms. The van der Waals surface area contributed by atoms with Crippen LogP contribution in [0.3, 0.4) is 0 Å². The summed E-state index contributed by atoms with van der Waals surface area (Å²) in [5.74, 6) is 1.70. The predicted molar refractivity (Wildman–Crippen MR) is 89.2 cm³/mol. The molecule has 0 saturated carbocycles. The molecule has 3 heterocycles. The van der Waals surface area contributed by atoms with Gasteiger partial charge in [0.25, 0.3) is 5.91 Å². The number of carbonyl (C=O) groups is 1. The van der Waals surface area contributed by atoms with E-state index in [1.54, 1.807) is 36.4 Å². The zero-order chi connectivity index (χ0) is 17.2. The number of likely N-dealkylation sites (tertiary alicyclic amines) is 1. The van der Waals surface area contributed by atoms with Gasteiger partial charge >= 0.3 is 0 Å². The molecular weight excluding hydrogens is 320 g/mol. The highest BCUT2D eigenvalue weighted by Crippen LogP contribution is 2.29. The molecule has 0 aliphatic carbocycles. The molecule has 1 aliphatic rings. The first-order valence-corrected chi connectivity index (χ1v) is 7.93. The number of hydrogen-bond acceptors (Lipinski definition) is 6. The van der Waals surface area contributed by atoms with Gasteiger partial charge in [-0.2, -0.15) is 4.98 Å². The molecule has 25 heavy (non-hydrogen) atoms. The predicted octanol–water partition coefficient (Wildman–Crippen LogP) is 2.38. The lowest BCUT2D eigenvalue weighted by atomic mass is 9.98. The molecule has 7 nitrogen and oxygen atoms in total. The molecule has 126 valence electrons. The largest absolute Gasteiger partial charge is 0.497 e. The van der Waals surface area contributed by atoms with E-state index >= 15 is 0 Å². The molecular formula is C18H16N4O3. The number of hydrogen-bond donors (Lipinski definition) is 0. The molecule has 3 aromatic rings. The van der Waals surface area contributed by atoms with Crippen molar-refractivity contribution < 1.29 is 14.1 Å². The summed E-state index contributed by atoms with van der Waals surface area (Å²) in [4.78, 5) is 22.8. The summed E-state index contributed by atoms with van der Waals surface area (Å²) in [6.45, 7) is 1.11. The number of pyridine rings is 1. The van der Waals surface area contributed by atoms with Gasteiger partial charge in [-0.15, -0.1) is 0 Å². The number of carbonyl (C=O) groups excluding carboxylic acids is 1. The summed E-state index contributed by atoms with van der Waals surface area (Å²) >= 11 is 0. The summed E-state index contributed by atoms with van der Waals surface area (Å²) in [6, 6.07) is 12.7. The third kappa shape index (κ3) is 2.96. The Balaban J connectivity index is 1.42. The number of rotatable bonds is 4. The molecule has 2 aromatic heterocycles. The number of ether oxygens (including phenoxy) is 1. The monoisotopic (exact) mass is 336 g/mol. The second-order valence-electron chi connectivity index (χ2n) is 5.81. The third-order valence-electron chi connectivity index (χ3n) is 4.17. The van der Waals surface area contributed by atoms with Crippen molar-refractivity contribution in [3.63, 3.8) is 0 Å². The van der Waals surface area contributed by atoms with Crippen molar-refractivity contribution in [1.82, 2.24) is 20.0 Å². The summed E-state index contributed by atoms with van der Waals surface area (Å²) in [5.41, 5.74) is 1.28. The SMILES string of the molecule is COc1cccc(C(=O)N2CC(c3nc(-c4ccccn4)no3)C2)c1. The maximum Gasteiger partial charge on any atom is 0.254 e. The van der Waals surface area contributed by atoms with Crippen molar-refractivity contribution in [3.8, 4) is 17.3 Å². The zero-order valence-electron chi connectivity index (χ0n) is 13.6. The van der Waals surface area contributed by atoms with Crippen LogP contribution in [0.25, 0.3) is 11.5 Å². The second kappa shape index (κ2) is 6.35. The Labute approximate surface area is 144 Å². The smallest absolute Gasteiger partial charge is 0.254 e. The molecule has 1 saturated heterocycles. The standard InChI is InChI=1S/C18H16N4O3/c1-24-14-6-4-5-12(9-14)18(23)22-10-13(11-22)17-20-16(21-25-17)15-7-2-3-8-19-15/h2-9,13H,10-11H2,1H3. The van der Waals surface area contributed by atoms with Crippen LogP contribution in [-0.2, 0) is 0 Å². The highest BCUT2D eigenvalue weighted by Gasteiger charge is 2.36. The third-order valence-corrected chi connectivity index (χ3v) is 4.17. The van der Waals surface area contributed by atoms with Gasteiger partial charge in [-0.1, -0.05) is 17.3 Å². The minimum atomic E-state index is -0.0281. The Kier molecular flexibility index (Phi) is 3.89. The normalized spacial score (nSPS) is 14.2. The van der Waals surface area contributed by atoms with Gasteiger partial charge in [0.05, 0.1) is 13.0 Å². The molecule has 0 atom stereocenters. The van der Waals surface area contributed by atoms with Gasteiger partial charge in [-0.05, 0) is 30.3 Å². The number of benzene rings is 1. The van der Waals surface area contributed by atoms with Gasteiger partial charge in [0, 0.05) is 24.8 Å². The lowest BCUT2D eigenvalue weighted by Crippen LogP contribution is -2.48. The topological polar surface area (TPSA) is 81.4 Å². The van der Waals surface area contributed by atoms with Crippen molar-refractivity contribution in [3.05, 3.63) is 60.1 Å². The maximum atomic E-state index is 12.5. The zero-order valence-corrected chi connectivity index (χ0v) is 13.6. The lowest BCUT2D eigenvalue weighted by Gasteiger charge is -2.37. The first kappa shape index (κ1) is 15.3. The van der Waals surface area contributed by atoms with Crippen LogP contribution >= 0.6 is 0 Å². The Morgan fingerprint density at radius 3 is 2.88 bits per heavy atom. The molecule has 1 fully saturated rings. The van der Waals surface area contributed by atoms with Gasteiger partial charge in [-0.3, -0.25) is 9.78 Å². The van der Waals surface area contributed by atoms with E-state index in [-0.39, 0.29) is 11.8 Å². The first-order valence-electron chi connectivity index (χ1n) is 7.93. The van der Waals surface area contributed by atoms with Crippen LogP contribution in [0.15, 0.2) is 53.2 Å². The fraction of sp³-hybridized carbons (Fsp3) is 0.222. The quantitative estimate of drug-likeness (QED) is 0.727. The Morgan fingerprint density at radius 2 is 2.12 bits per heavy atom. The van der Waals surface area contributed by atoms with Crippen LogP contribution < -0.4 is 4.74 Å². The molecule has 0 bridgehead atoms. The van der Waals surface area contributed by atoms with Crippen LogP contribution in [0.4, 0.5) is 0 Å². The van der Waals surface area contributed by atoms with E-state index in [2.05, 4.69) is 15.1 Å². The van der Waals surface area contributed by atoms with Crippen LogP contribution in [0.5, 0.6) is 5.75 Å². The van der Waals surface area contributed by atoms with Crippen molar-refractivity contribution in [2.75, 3.05) is 20.2 Å². The first-order chi connectivity index (χ1) is 12.2. The van der Waals surface area contributed by atoms with Gasteiger partial charge < -0.3 is 14.2 Å². The second-order valence-corrected chi connectivity index (χ2v) is 5.81. The molecule has 0 unspecified atom stereocenters. The molecule has 4 rings (SSSR count). The molecule has 0 N–H and O–H groups in total. The van der Waals surface area contributed by atoms with Crippen molar-refractivity contribution in [1.29, 1.82) is 0 Å². The van der Waals surface area contributed by atoms with E-state index in [1.807, 2.05) is 24.3 Å². The molecule has 1 aliphatic heterocycles. The molecule has 0 spiro atoms. The van der Waals surface area contributed by atoms with Crippen molar-refractivity contribution >= 4 is 5.91 Å². The molecule has 1 amide bonds. The van der Waals surface area contributed by atoms with Crippen molar-refractivity contribution in [2.24, 2.45) is 0 Å². The lowest BCUT2D eigenvalue weighted by molar-refractivity contribution is 0.0569. The summed E-state index contributed by atoms with van der Waals surface area (Å²) in [5, 5.41) is 3.97. The fourth-order valence-electron chi connectivity index (χ4n) is 2.74. The van der Waals surface area contributed by atoms with Crippen molar-refractivity contribution in [2.45, 2.75) is 5.92 Å². The Hall–Kier alpha value is -3.22. The molecule has 0 radical (unpaired) electrons. The Morgan fingerprint density at radius 1 is 1.24 bits per heavy atom. The van der Waals surface area contributed by atoms with Gasteiger partial charge in [0.15, 0.2) is 0 Å². The van der Waals surface area contributed by atoms with Gasteiger partial charge in [0.2, 0.25) is 11.7 Å². The number of amides is 1. The fourth-order valence-corrected chi connectivity index (χ4v) is 2.74. The molecule has 1 aromatic carbocycles. The van der Waals surface area contributed by atoms with Crippen LogP contribution in [0.2, 0.25) is 0 Å². The van der Waals surface area contributed by atoms with E-state index in [9.17, 15) is 4.79 Å². The summed E-state index contributed by atoms with van der Waals surface area (Å²) in [6.07, 6.45) is 1.68. The number of aromatic nitrogens is 3. The van der Waals surface area contributed by atoms with E-state index in [1.165, 1.54) is 0 Å². The van der Waals surface area contributed by atoms with Crippen LogP contribution in [-0.4, -0.2) is 46.1 Å². The van der Waals surface area contributed by atoms with E-state index < -0.39 is 0 Å². The summed E-state index contributed by atoms with van der Waals surface area (Å²) < 4.78 is 10.5. The number of methoxy groups -OCH3 is 1. The van der Waals surface area contributed by atoms with Gasteiger partial charge in [-0.25, -0.2) is 0 Å². The van der Waals surface area contributed by atoms with E-state index in [0.717, 1.165) is 0 Å². The van der Waals surface area contributed by atoms with Gasteiger partial charge in [0.1, 0.15) is 11.4 Å². The van der Waals surface area contributed by atoms with E-state index in [4.69, 9.17) is 9.26 Å². The van der Waals surface area contributed by atoms with Crippen LogP contribution in [0, 0.1) is 0 Å². The summed E-state index contributed by atoms with van der Waals surface area (Å²) in [7, 11) is 1.58. The highest BCUT2D eigenvalue weighted by atomic mass is 16.5. The Bertz CT molecular complexity index is 888. The minimum absolute atomic E-state index is 0.0281.